The molecule has 0 aliphatic heterocycles. The van der Waals surface area contributed by atoms with Crippen LogP contribution in [0.5, 0.6) is 0 Å². The third-order valence-electron chi connectivity index (χ3n) is 5.40. The number of hydrogen-bond acceptors (Lipinski definition) is 7. The summed E-state index contributed by atoms with van der Waals surface area (Å²) in [6.07, 6.45) is 6.75. The van der Waals surface area contributed by atoms with E-state index in [1.807, 2.05) is 48.5 Å². The standard InChI is InChI=1S/C24H17N7O2/c32-22(7-14-11-27-33-13-14)21-9-15-1-2-16(10-20(15)29-21)24-25-6-5-23(30-24)28-18-3-4-19-17(8-18)12-26-31-19/h1-6,8-13,29H,7H2,(H,26,31)(H,25,28,30). The van der Waals surface area contributed by atoms with Gasteiger partial charge in [-0.05, 0) is 36.4 Å². The number of carbonyl (C=O) groups is 1. The number of Topliss-reactive ketones (excluding diaryl/α,β-unsaturated/α-hetero) is 1. The molecule has 0 aliphatic carbocycles. The zero-order valence-corrected chi connectivity index (χ0v) is 17.2. The van der Waals surface area contributed by atoms with E-state index in [1.165, 1.54) is 6.26 Å². The summed E-state index contributed by atoms with van der Waals surface area (Å²) < 4.78 is 4.80. The van der Waals surface area contributed by atoms with Crippen molar-refractivity contribution >= 4 is 39.1 Å². The van der Waals surface area contributed by atoms with Crippen LogP contribution < -0.4 is 5.32 Å². The molecule has 9 nitrogen and oxygen atoms in total. The first-order valence-corrected chi connectivity index (χ1v) is 10.3. The Labute approximate surface area is 186 Å². The van der Waals surface area contributed by atoms with Crippen molar-refractivity contribution < 1.29 is 9.32 Å². The molecule has 160 valence electrons. The van der Waals surface area contributed by atoms with Crippen molar-refractivity contribution in [2.24, 2.45) is 0 Å². The number of aromatic nitrogens is 6. The summed E-state index contributed by atoms with van der Waals surface area (Å²) in [6, 6.07) is 15.4. The van der Waals surface area contributed by atoms with E-state index in [4.69, 9.17) is 4.52 Å². The van der Waals surface area contributed by atoms with Gasteiger partial charge in [0.25, 0.3) is 0 Å². The highest BCUT2D eigenvalue weighted by Gasteiger charge is 2.13. The molecule has 2 aromatic carbocycles. The molecule has 4 heterocycles. The predicted molar refractivity (Wildman–Crippen MR) is 123 cm³/mol. The lowest BCUT2D eigenvalue weighted by Gasteiger charge is -2.07. The van der Waals surface area contributed by atoms with Gasteiger partial charge < -0.3 is 14.8 Å². The Morgan fingerprint density at radius 3 is 2.88 bits per heavy atom. The molecule has 6 aromatic rings. The number of hydrogen-bond donors (Lipinski definition) is 3. The van der Waals surface area contributed by atoms with Crippen molar-refractivity contribution in [2.45, 2.75) is 6.42 Å². The molecule has 0 saturated heterocycles. The van der Waals surface area contributed by atoms with Gasteiger partial charge in [0.2, 0.25) is 0 Å². The summed E-state index contributed by atoms with van der Waals surface area (Å²) in [5, 5.41) is 15.9. The van der Waals surface area contributed by atoms with E-state index in [-0.39, 0.29) is 12.2 Å². The van der Waals surface area contributed by atoms with Crippen molar-refractivity contribution in [3.05, 3.63) is 84.6 Å². The molecule has 9 heteroatoms. The van der Waals surface area contributed by atoms with Crippen LogP contribution >= 0.6 is 0 Å². The molecule has 0 saturated carbocycles. The molecule has 0 atom stereocenters. The minimum absolute atomic E-state index is 0.0343. The second-order valence-electron chi connectivity index (χ2n) is 7.68. The van der Waals surface area contributed by atoms with Gasteiger partial charge in [-0.2, -0.15) is 5.10 Å². The number of rotatable bonds is 6. The summed E-state index contributed by atoms with van der Waals surface area (Å²) in [5.74, 6) is 1.23. The van der Waals surface area contributed by atoms with Gasteiger partial charge in [-0.15, -0.1) is 0 Å². The Morgan fingerprint density at radius 2 is 1.97 bits per heavy atom. The number of anilines is 2. The molecule has 0 amide bonds. The Balaban J connectivity index is 1.26. The van der Waals surface area contributed by atoms with Crippen LogP contribution in [-0.4, -0.2) is 36.1 Å². The first-order valence-electron chi connectivity index (χ1n) is 10.3. The molecular weight excluding hydrogens is 418 g/mol. The van der Waals surface area contributed by atoms with E-state index in [9.17, 15) is 4.79 Å². The summed E-state index contributed by atoms with van der Waals surface area (Å²) >= 11 is 0. The van der Waals surface area contributed by atoms with Crippen molar-refractivity contribution in [1.82, 2.24) is 30.3 Å². The monoisotopic (exact) mass is 435 g/mol. The van der Waals surface area contributed by atoms with E-state index in [0.717, 1.165) is 38.6 Å². The van der Waals surface area contributed by atoms with Gasteiger partial charge in [-0.25, -0.2) is 9.97 Å². The van der Waals surface area contributed by atoms with Crippen molar-refractivity contribution in [3.63, 3.8) is 0 Å². The molecule has 0 unspecified atom stereocenters. The highest BCUT2D eigenvalue weighted by atomic mass is 16.5. The van der Waals surface area contributed by atoms with E-state index >= 15 is 0 Å². The number of aromatic amines is 2. The average Bonchev–Trinajstić information content (AvgIpc) is 3.59. The van der Waals surface area contributed by atoms with Gasteiger partial charge in [-0.1, -0.05) is 17.3 Å². The lowest BCUT2D eigenvalue weighted by molar-refractivity contribution is 0.0989. The Morgan fingerprint density at radius 1 is 1.00 bits per heavy atom. The normalized spacial score (nSPS) is 11.3. The zero-order valence-electron chi connectivity index (χ0n) is 17.2. The molecule has 0 aliphatic rings. The van der Waals surface area contributed by atoms with Crippen LogP contribution in [0.2, 0.25) is 0 Å². The number of nitrogens with one attached hydrogen (secondary N) is 3. The number of nitrogens with zero attached hydrogens (tertiary/aromatic N) is 4. The molecule has 0 radical (unpaired) electrons. The first-order chi connectivity index (χ1) is 16.2. The molecule has 3 N–H and O–H groups in total. The fraction of sp³-hybridized carbons (Fsp3) is 0.0417. The Bertz CT molecular complexity index is 1600. The highest BCUT2D eigenvalue weighted by Crippen LogP contribution is 2.25. The fourth-order valence-corrected chi connectivity index (χ4v) is 3.75. The maximum Gasteiger partial charge on any atom is 0.183 e. The van der Waals surface area contributed by atoms with Crippen LogP contribution in [0, 0.1) is 0 Å². The van der Waals surface area contributed by atoms with Crippen LogP contribution in [-0.2, 0) is 6.42 Å². The van der Waals surface area contributed by atoms with Gasteiger partial charge in [-0.3, -0.25) is 9.89 Å². The van der Waals surface area contributed by atoms with Gasteiger partial charge >= 0.3 is 0 Å². The molecule has 4 aromatic heterocycles. The highest BCUT2D eigenvalue weighted by molar-refractivity contribution is 6.01. The maximum atomic E-state index is 12.6. The minimum Gasteiger partial charge on any atom is -0.364 e. The number of carbonyl (C=O) groups excluding carboxylic acids is 1. The predicted octanol–water partition coefficient (Wildman–Crippen LogP) is 4.66. The van der Waals surface area contributed by atoms with E-state index in [1.54, 1.807) is 18.6 Å². The second kappa shape index (κ2) is 7.72. The number of H-pyrrole nitrogens is 2. The van der Waals surface area contributed by atoms with Crippen LogP contribution in [0.1, 0.15) is 16.1 Å². The number of ketones is 1. The molecule has 0 bridgehead atoms. The van der Waals surface area contributed by atoms with Gasteiger partial charge in [0.05, 0.1) is 23.6 Å². The van der Waals surface area contributed by atoms with Crippen molar-refractivity contribution in [3.8, 4) is 11.4 Å². The first kappa shape index (κ1) is 18.9. The molecule has 6 rings (SSSR count). The average molecular weight is 435 g/mol. The number of benzene rings is 2. The topological polar surface area (TPSA) is 125 Å². The minimum atomic E-state index is -0.0343. The molecule has 0 spiro atoms. The summed E-state index contributed by atoms with van der Waals surface area (Å²) in [4.78, 5) is 24.9. The van der Waals surface area contributed by atoms with Crippen LogP contribution in [0.15, 0.2) is 77.9 Å². The van der Waals surface area contributed by atoms with Gasteiger partial charge in [0.1, 0.15) is 12.1 Å². The second-order valence-corrected chi connectivity index (χ2v) is 7.68. The lowest BCUT2D eigenvalue weighted by Crippen LogP contribution is -2.02. The van der Waals surface area contributed by atoms with Crippen LogP contribution in [0.4, 0.5) is 11.5 Å². The van der Waals surface area contributed by atoms with E-state index in [0.29, 0.717) is 17.3 Å². The lowest BCUT2D eigenvalue weighted by atomic mass is 10.1. The van der Waals surface area contributed by atoms with E-state index in [2.05, 4.69) is 35.6 Å². The van der Waals surface area contributed by atoms with Gasteiger partial charge in [0.15, 0.2) is 11.6 Å². The van der Waals surface area contributed by atoms with Crippen molar-refractivity contribution in [1.29, 1.82) is 0 Å². The SMILES string of the molecule is O=C(Cc1cnoc1)c1cc2ccc(-c3nccc(Nc4ccc5[nH]ncc5c4)n3)cc2[nH]1. The Hall–Kier alpha value is -4.79. The fourth-order valence-electron chi connectivity index (χ4n) is 3.75. The maximum absolute atomic E-state index is 12.6. The van der Waals surface area contributed by atoms with Crippen LogP contribution in [0.3, 0.4) is 0 Å². The zero-order chi connectivity index (χ0) is 22.2. The Kier molecular flexibility index (Phi) is 4.43. The quantitative estimate of drug-likeness (QED) is 0.325. The van der Waals surface area contributed by atoms with Gasteiger partial charge in [0, 0.05) is 45.7 Å². The third-order valence-corrected chi connectivity index (χ3v) is 5.40. The van der Waals surface area contributed by atoms with Crippen LogP contribution in [0.25, 0.3) is 33.2 Å². The van der Waals surface area contributed by atoms with E-state index < -0.39 is 0 Å². The van der Waals surface area contributed by atoms with Crippen molar-refractivity contribution in [2.75, 3.05) is 5.32 Å². The smallest absolute Gasteiger partial charge is 0.183 e. The molecular formula is C24H17N7O2. The third kappa shape index (κ3) is 3.72. The largest absolute Gasteiger partial charge is 0.364 e. The molecule has 0 fully saturated rings. The summed E-state index contributed by atoms with van der Waals surface area (Å²) in [7, 11) is 0. The number of fused-ring (bicyclic) bond motifs is 2. The summed E-state index contributed by atoms with van der Waals surface area (Å²) in [6.45, 7) is 0. The molecule has 33 heavy (non-hydrogen) atoms. The summed E-state index contributed by atoms with van der Waals surface area (Å²) in [5.41, 5.74) is 4.84.